The van der Waals surface area contributed by atoms with E-state index in [1.165, 1.54) is 19.2 Å². The van der Waals surface area contributed by atoms with Crippen LogP contribution in [0.4, 0.5) is 5.69 Å². The fraction of sp³-hybridized carbons (Fsp3) is 0.158. The molecule has 0 spiro atoms. The van der Waals surface area contributed by atoms with Crippen LogP contribution in [0.2, 0.25) is 0 Å². The van der Waals surface area contributed by atoms with Gasteiger partial charge in [-0.05, 0) is 40.5 Å². The Kier molecular flexibility index (Phi) is 4.18. The zero-order valence-corrected chi connectivity index (χ0v) is 13.4. The van der Waals surface area contributed by atoms with Crippen molar-refractivity contribution in [3.63, 3.8) is 0 Å². The normalized spacial score (nSPS) is 12.1. The first-order valence-electron chi connectivity index (χ1n) is 7.51. The summed E-state index contributed by atoms with van der Waals surface area (Å²) in [6.07, 6.45) is -0.958. The Morgan fingerprint density at radius 3 is 2.58 bits per heavy atom. The van der Waals surface area contributed by atoms with Crippen LogP contribution in [0.15, 0.2) is 54.6 Å². The lowest BCUT2D eigenvalue weighted by Gasteiger charge is -2.17. The van der Waals surface area contributed by atoms with Gasteiger partial charge in [-0.3, -0.25) is 10.1 Å². The predicted octanol–water partition coefficient (Wildman–Crippen LogP) is 4.15. The van der Waals surface area contributed by atoms with Gasteiger partial charge in [-0.25, -0.2) is 0 Å². The Hall–Kier alpha value is -2.92. The van der Waals surface area contributed by atoms with Crippen molar-refractivity contribution < 1.29 is 14.8 Å². The molecule has 0 heterocycles. The number of benzene rings is 3. The van der Waals surface area contributed by atoms with Gasteiger partial charge in [-0.1, -0.05) is 42.5 Å². The molecule has 3 aromatic carbocycles. The molecule has 1 atom stereocenters. The summed E-state index contributed by atoms with van der Waals surface area (Å²) in [5, 5.41) is 24.0. The molecular formula is C19H17NO4. The second kappa shape index (κ2) is 6.29. The summed E-state index contributed by atoms with van der Waals surface area (Å²) in [6.45, 7) is 1.92. The number of nitrogens with zero attached hydrogens (tertiary/aromatic N) is 1. The number of methoxy groups -OCH3 is 1. The maximum Gasteiger partial charge on any atom is 0.311 e. The number of aliphatic hydroxyl groups excluding tert-OH is 1. The minimum absolute atomic E-state index is 0.160. The topological polar surface area (TPSA) is 72.6 Å². The lowest BCUT2D eigenvalue weighted by atomic mass is 9.92. The van der Waals surface area contributed by atoms with Crippen LogP contribution < -0.4 is 4.74 Å². The first-order chi connectivity index (χ1) is 11.5. The summed E-state index contributed by atoms with van der Waals surface area (Å²) in [5.74, 6) is 0.172. The molecule has 0 aliphatic carbocycles. The fourth-order valence-electron chi connectivity index (χ4n) is 2.95. The van der Waals surface area contributed by atoms with E-state index in [-0.39, 0.29) is 11.4 Å². The van der Waals surface area contributed by atoms with E-state index < -0.39 is 11.0 Å². The summed E-state index contributed by atoms with van der Waals surface area (Å²) < 4.78 is 5.02. The average Bonchev–Trinajstić information content (AvgIpc) is 2.60. The first kappa shape index (κ1) is 16.0. The first-order valence-corrected chi connectivity index (χ1v) is 7.51. The molecule has 0 aromatic heterocycles. The number of aryl methyl sites for hydroxylation is 1. The van der Waals surface area contributed by atoms with Crippen LogP contribution in [-0.2, 0) is 0 Å². The molecule has 0 aliphatic heterocycles. The number of aliphatic hydroxyl groups is 1. The van der Waals surface area contributed by atoms with E-state index in [2.05, 4.69) is 0 Å². The van der Waals surface area contributed by atoms with E-state index in [1.54, 1.807) is 6.07 Å². The van der Waals surface area contributed by atoms with Crippen molar-refractivity contribution in [2.24, 2.45) is 0 Å². The predicted molar refractivity (Wildman–Crippen MR) is 92.4 cm³/mol. The van der Waals surface area contributed by atoms with Crippen molar-refractivity contribution >= 4 is 16.5 Å². The van der Waals surface area contributed by atoms with E-state index in [4.69, 9.17) is 4.74 Å². The molecule has 122 valence electrons. The smallest absolute Gasteiger partial charge is 0.311 e. The molecule has 0 saturated heterocycles. The molecule has 0 saturated carbocycles. The molecule has 5 nitrogen and oxygen atoms in total. The largest absolute Gasteiger partial charge is 0.490 e. The number of ether oxygens (including phenoxy) is 1. The van der Waals surface area contributed by atoms with E-state index in [0.717, 1.165) is 21.9 Å². The van der Waals surface area contributed by atoms with Gasteiger partial charge in [0, 0.05) is 6.07 Å². The van der Waals surface area contributed by atoms with E-state index >= 15 is 0 Å². The minimum Gasteiger partial charge on any atom is -0.490 e. The second-order valence-corrected chi connectivity index (χ2v) is 5.61. The Labute approximate surface area is 139 Å². The summed E-state index contributed by atoms with van der Waals surface area (Å²) in [7, 11) is 1.38. The molecule has 24 heavy (non-hydrogen) atoms. The Balaban J connectivity index is 2.16. The van der Waals surface area contributed by atoms with Gasteiger partial charge in [-0.15, -0.1) is 0 Å². The van der Waals surface area contributed by atoms with Crippen molar-refractivity contribution in [2.75, 3.05) is 7.11 Å². The molecule has 3 rings (SSSR count). The van der Waals surface area contributed by atoms with Gasteiger partial charge >= 0.3 is 5.69 Å². The van der Waals surface area contributed by atoms with Gasteiger partial charge < -0.3 is 9.84 Å². The summed E-state index contributed by atoms with van der Waals surface area (Å²) in [6, 6.07) is 16.2. The van der Waals surface area contributed by atoms with Crippen molar-refractivity contribution in [1.82, 2.24) is 0 Å². The summed E-state index contributed by atoms with van der Waals surface area (Å²) in [5.41, 5.74) is 1.99. The molecule has 0 amide bonds. The van der Waals surface area contributed by atoms with Crippen LogP contribution in [0, 0.1) is 17.0 Å². The quantitative estimate of drug-likeness (QED) is 0.578. The third-order valence-corrected chi connectivity index (χ3v) is 4.18. The maximum absolute atomic E-state index is 11.2. The standard InChI is InChI=1S/C19H17NO4/c1-12-7-8-13-5-3-4-6-15(13)18(12)19(21)14-9-10-17(24-2)16(11-14)20(22)23/h3-11,19,21H,1-2H3/t19-/m1/s1. The lowest BCUT2D eigenvalue weighted by molar-refractivity contribution is -0.385. The maximum atomic E-state index is 11.2. The molecule has 0 bridgehead atoms. The van der Waals surface area contributed by atoms with Gasteiger partial charge in [0.05, 0.1) is 12.0 Å². The molecule has 0 fully saturated rings. The van der Waals surface area contributed by atoms with Crippen molar-refractivity contribution in [2.45, 2.75) is 13.0 Å². The zero-order valence-electron chi connectivity index (χ0n) is 13.4. The Morgan fingerprint density at radius 1 is 1.12 bits per heavy atom. The number of rotatable bonds is 4. The van der Waals surface area contributed by atoms with Gasteiger partial charge in [0.15, 0.2) is 5.75 Å². The average molecular weight is 323 g/mol. The van der Waals surface area contributed by atoms with E-state index in [1.807, 2.05) is 43.3 Å². The lowest BCUT2D eigenvalue weighted by Crippen LogP contribution is -2.04. The molecule has 5 heteroatoms. The van der Waals surface area contributed by atoms with Crippen LogP contribution >= 0.6 is 0 Å². The summed E-state index contributed by atoms with van der Waals surface area (Å²) in [4.78, 5) is 10.7. The SMILES string of the molecule is COc1ccc([C@@H](O)c2c(C)ccc3ccccc23)cc1[N+](=O)[O-]. The van der Waals surface area contributed by atoms with E-state index in [9.17, 15) is 15.2 Å². The number of fused-ring (bicyclic) bond motifs is 1. The van der Waals surface area contributed by atoms with E-state index in [0.29, 0.717) is 5.56 Å². The molecule has 0 unspecified atom stereocenters. The molecule has 1 N–H and O–H groups in total. The molecule has 0 aliphatic rings. The number of nitro groups is 1. The fourth-order valence-corrected chi connectivity index (χ4v) is 2.95. The summed E-state index contributed by atoms with van der Waals surface area (Å²) >= 11 is 0. The number of hydrogen-bond acceptors (Lipinski definition) is 4. The highest BCUT2D eigenvalue weighted by Gasteiger charge is 2.21. The number of nitro benzene ring substituents is 1. The van der Waals surface area contributed by atoms with Crippen molar-refractivity contribution in [3.8, 4) is 5.75 Å². The highest BCUT2D eigenvalue weighted by atomic mass is 16.6. The van der Waals surface area contributed by atoms with Gasteiger partial charge in [0.25, 0.3) is 0 Å². The monoisotopic (exact) mass is 323 g/mol. The van der Waals surface area contributed by atoms with Gasteiger partial charge in [-0.2, -0.15) is 0 Å². The number of hydrogen-bond donors (Lipinski definition) is 1. The van der Waals surface area contributed by atoms with Crippen LogP contribution in [0.25, 0.3) is 10.8 Å². The van der Waals surface area contributed by atoms with Crippen molar-refractivity contribution in [1.29, 1.82) is 0 Å². The highest BCUT2D eigenvalue weighted by Crippen LogP contribution is 2.35. The van der Waals surface area contributed by atoms with Crippen LogP contribution in [0.5, 0.6) is 5.75 Å². The molecule has 0 radical (unpaired) electrons. The van der Waals surface area contributed by atoms with Crippen molar-refractivity contribution in [3.05, 3.63) is 81.4 Å². The Bertz CT molecular complexity index is 920. The van der Waals surface area contributed by atoms with Crippen LogP contribution in [0.1, 0.15) is 22.8 Å². The molecule has 3 aromatic rings. The Morgan fingerprint density at radius 2 is 1.88 bits per heavy atom. The molecular weight excluding hydrogens is 306 g/mol. The van der Waals surface area contributed by atoms with Crippen LogP contribution in [0.3, 0.4) is 0 Å². The second-order valence-electron chi connectivity index (χ2n) is 5.61. The third kappa shape index (κ3) is 2.70. The highest BCUT2D eigenvalue weighted by molar-refractivity contribution is 5.87. The van der Waals surface area contributed by atoms with Gasteiger partial charge in [0.2, 0.25) is 0 Å². The third-order valence-electron chi connectivity index (χ3n) is 4.18. The van der Waals surface area contributed by atoms with Crippen LogP contribution in [-0.4, -0.2) is 17.1 Å². The minimum atomic E-state index is -0.958. The van der Waals surface area contributed by atoms with Gasteiger partial charge in [0.1, 0.15) is 6.10 Å². The zero-order chi connectivity index (χ0) is 17.3.